The molecule has 1 saturated carbocycles. The van der Waals surface area contributed by atoms with E-state index in [0.717, 1.165) is 57.8 Å². The van der Waals surface area contributed by atoms with Gasteiger partial charge in [-0.2, -0.15) is 0 Å². The standard InChI is InChI=1S/C25H38O4/c1-4-5-6-9-18(2)12-15-22(26)25-21-14-13-19(16-20(21)17-23(25)27)10-7-8-11-24(28)29-3/h13,15,18,20-21,23,25-27H,4,7-12,14,16-17H2,1-3H3/t18?,20-,21-,23+,25-/m1/s1. The molecule has 5 atom stereocenters. The van der Waals surface area contributed by atoms with Crippen molar-refractivity contribution in [2.75, 3.05) is 7.11 Å². The first-order valence-electron chi connectivity index (χ1n) is 11.2. The van der Waals surface area contributed by atoms with Gasteiger partial charge in [-0.05, 0) is 68.8 Å². The first kappa shape index (κ1) is 23.5. The quantitative estimate of drug-likeness (QED) is 0.180. The molecule has 0 aromatic carbocycles. The number of rotatable bonds is 9. The Balaban J connectivity index is 1.86. The van der Waals surface area contributed by atoms with Gasteiger partial charge in [0.1, 0.15) is 0 Å². The molecule has 4 heteroatoms. The van der Waals surface area contributed by atoms with Gasteiger partial charge in [-0.3, -0.25) is 4.79 Å². The van der Waals surface area contributed by atoms with Gasteiger partial charge in [0.05, 0.1) is 19.0 Å². The molecular weight excluding hydrogens is 364 g/mol. The van der Waals surface area contributed by atoms with Crippen molar-refractivity contribution in [3.63, 3.8) is 0 Å². The molecule has 0 saturated heterocycles. The average Bonchev–Trinajstić information content (AvgIpc) is 3.04. The summed E-state index contributed by atoms with van der Waals surface area (Å²) in [5, 5.41) is 21.3. The van der Waals surface area contributed by atoms with Crippen LogP contribution in [0.3, 0.4) is 0 Å². The predicted octanol–water partition coefficient (Wildman–Crippen LogP) is 5.32. The van der Waals surface area contributed by atoms with Gasteiger partial charge in [0.15, 0.2) is 0 Å². The van der Waals surface area contributed by atoms with Gasteiger partial charge >= 0.3 is 5.97 Å². The lowest BCUT2D eigenvalue weighted by Crippen LogP contribution is -2.24. The molecule has 29 heavy (non-hydrogen) atoms. The topological polar surface area (TPSA) is 66.8 Å². The highest BCUT2D eigenvalue weighted by Crippen LogP contribution is 2.48. The van der Waals surface area contributed by atoms with Gasteiger partial charge < -0.3 is 14.9 Å². The molecule has 0 amide bonds. The number of fused-ring (bicyclic) bond motifs is 1. The number of methoxy groups -OCH3 is 1. The van der Waals surface area contributed by atoms with Gasteiger partial charge in [0, 0.05) is 25.2 Å². The Labute approximate surface area is 176 Å². The molecule has 4 nitrogen and oxygen atoms in total. The summed E-state index contributed by atoms with van der Waals surface area (Å²) in [6, 6.07) is 0. The largest absolute Gasteiger partial charge is 0.512 e. The van der Waals surface area contributed by atoms with Crippen molar-refractivity contribution < 1.29 is 19.7 Å². The summed E-state index contributed by atoms with van der Waals surface area (Å²) in [5.41, 5.74) is 1.44. The van der Waals surface area contributed by atoms with Gasteiger partial charge in [-0.25, -0.2) is 0 Å². The van der Waals surface area contributed by atoms with E-state index < -0.39 is 6.10 Å². The molecule has 2 rings (SSSR count). The Morgan fingerprint density at radius 2 is 2.17 bits per heavy atom. The number of allylic oxidation sites excluding steroid dienone is 3. The molecule has 0 bridgehead atoms. The minimum Gasteiger partial charge on any atom is -0.512 e. The van der Waals surface area contributed by atoms with Crippen molar-refractivity contribution in [2.24, 2.45) is 23.7 Å². The lowest BCUT2D eigenvalue weighted by atomic mass is 9.76. The summed E-state index contributed by atoms with van der Waals surface area (Å²) in [7, 11) is 1.43. The van der Waals surface area contributed by atoms with E-state index in [-0.39, 0.29) is 11.9 Å². The van der Waals surface area contributed by atoms with Crippen LogP contribution in [0.4, 0.5) is 0 Å². The fourth-order valence-corrected chi connectivity index (χ4v) is 4.76. The van der Waals surface area contributed by atoms with E-state index >= 15 is 0 Å². The zero-order valence-electron chi connectivity index (χ0n) is 18.3. The number of aliphatic hydroxyl groups excluding tert-OH is 2. The van der Waals surface area contributed by atoms with Crippen molar-refractivity contribution >= 4 is 5.97 Å². The molecule has 0 heterocycles. The van der Waals surface area contributed by atoms with Crippen molar-refractivity contribution in [3.8, 4) is 11.8 Å². The van der Waals surface area contributed by atoms with Crippen molar-refractivity contribution in [1.29, 1.82) is 0 Å². The molecule has 1 fully saturated rings. The van der Waals surface area contributed by atoms with E-state index in [1.807, 2.05) is 13.0 Å². The Hall–Kier alpha value is -1.73. The molecule has 0 aromatic heterocycles. The lowest BCUT2D eigenvalue weighted by Gasteiger charge is -2.29. The third-order valence-electron chi connectivity index (χ3n) is 6.41. The third kappa shape index (κ3) is 7.23. The minimum absolute atomic E-state index is 0.133. The van der Waals surface area contributed by atoms with Crippen molar-refractivity contribution in [2.45, 2.75) is 84.2 Å². The molecule has 0 aliphatic heterocycles. The van der Waals surface area contributed by atoms with Gasteiger partial charge in [-0.1, -0.05) is 25.5 Å². The van der Waals surface area contributed by atoms with Gasteiger partial charge in [0.25, 0.3) is 0 Å². The first-order chi connectivity index (χ1) is 14.0. The van der Waals surface area contributed by atoms with E-state index in [1.165, 1.54) is 12.7 Å². The second-order valence-electron chi connectivity index (χ2n) is 8.72. The monoisotopic (exact) mass is 402 g/mol. The number of hydrogen-bond acceptors (Lipinski definition) is 4. The zero-order valence-corrected chi connectivity index (χ0v) is 18.3. The van der Waals surface area contributed by atoms with Crippen LogP contribution in [0.5, 0.6) is 0 Å². The number of unbranched alkanes of at least 4 members (excludes halogenated alkanes) is 1. The van der Waals surface area contributed by atoms with Crippen LogP contribution >= 0.6 is 0 Å². The summed E-state index contributed by atoms with van der Waals surface area (Å²) < 4.78 is 4.69. The first-order valence-corrected chi connectivity index (χ1v) is 11.2. The van der Waals surface area contributed by atoms with E-state index in [1.54, 1.807) is 0 Å². The molecule has 2 aliphatic carbocycles. The van der Waals surface area contributed by atoms with Crippen LogP contribution < -0.4 is 0 Å². The number of carbonyl (C=O) groups excluding carboxylic acids is 1. The van der Waals surface area contributed by atoms with Crippen molar-refractivity contribution in [1.82, 2.24) is 0 Å². The number of aliphatic hydroxyl groups is 2. The van der Waals surface area contributed by atoms with Crippen LogP contribution in [0.15, 0.2) is 23.5 Å². The van der Waals surface area contributed by atoms with Crippen LogP contribution in [0, 0.1) is 35.5 Å². The summed E-state index contributed by atoms with van der Waals surface area (Å²) >= 11 is 0. The highest BCUT2D eigenvalue weighted by Gasteiger charge is 2.45. The maximum Gasteiger partial charge on any atom is 0.305 e. The van der Waals surface area contributed by atoms with E-state index in [4.69, 9.17) is 0 Å². The SMILES string of the molecule is CCC#CCC(C)CC=C(O)[C@H]1[C@@H]2CC=C(CCCCC(=O)OC)C[C@@H]2C[C@@H]1O. The summed E-state index contributed by atoms with van der Waals surface area (Å²) in [6.07, 6.45) is 12.3. The van der Waals surface area contributed by atoms with Gasteiger partial charge in [0.2, 0.25) is 0 Å². The maximum atomic E-state index is 11.2. The zero-order chi connectivity index (χ0) is 21.2. The Bertz CT molecular complexity index is 651. The van der Waals surface area contributed by atoms with Crippen molar-refractivity contribution in [3.05, 3.63) is 23.5 Å². The average molecular weight is 403 g/mol. The van der Waals surface area contributed by atoms with Gasteiger partial charge in [-0.15, -0.1) is 11.8 Å². The smallest absolute Gasteiger partial charge is 0.305 e. The Morgan fingerprint density at radius 3 is 2.90 bits per heavy atom. The Morgan fingerprint density at radius 1 is 1.38 bits per heavy atom. The van der Waals surface area contributed by atoms with Crippen LogP contribution in [-0.2, 0) is 9.53 Å². The second kappa shape index (κ2) is 12.1. The predicted molar refractivity (Wildman–Crippen MR) is 116 cm³/mol. The molecule has 0 aromatic rings. The molecule has 2 aliphatic rings. The molecule has 162 valence electrons. The van der Waals surface area contributed by atoms with E-state index in [2.05, 4.69) is 29.6 Å². The lowest BCUT2D eigenvalue weighted by molar-refractivity contribution is -0.140. The number of esters is 1. The van der Waals surface area contributed by atoms with Crippen LogP contribution in [0.2, 0.25) is 0 Å². The summed E-state index contributed by atoms with van der Waals surface area (Å²) in [6.45, 7) is 4.20. The highest BCUT2D eigenvalue weighted by molar-refractivity contribution is 5.68. The third-order valence-corrected chi connectivity index (χ3v) is 6.41. The van der Waals surface area contributed by atoms with Crippen LogP contribution in [0.25, 0.3) is 0 Å². The number of hydrogen-bond donors (Lipinski definition) is 2. The van der Waals surface area contributed by atoms with Crippen LogP contribution in [-0.4, -0.2) is 29.4 Å². The number of ether oxygens (including phenoxy) is 1. The molecule has 2 N–H and O–H groups in total. The second-order valence-corrected chi connectivity index (χ2v) is 8.72. The highest BCUT2D eigenvalue weighted by atomic mass is 16.5. The number of carbonyl (C=O) groups is 1. The molecule has 0 spiro atoms. The molecular formula is C25H38O4. The normalized spacial score (nSPS) is 27.4. The minimum atomic E-state index is -0.455. The van der Waals surface area contributed by atoms with E-state index in [9.17, 15) is 15.0 Å². The Kier molecular flexibility index (Phi) is 9.81. The fourth-order valence-electron chi connectivity index (χ4n) is 4.76. The summed E-state index contributed by atoms with van der Waals surface area (Å²) in [5.74, 6) is 7.55. The van der Waals surface area contributed by atoms with Crippen LogP contribution in [0.1, 0.15) is 78.1 Å². The maximum absolute atomic E-state index is 11.2. The fraction of sp³-hybridized carbons (Fsp3) is 0.720. The molecule has 0 radical (unpaired) electrons. The van der Waals surface area contributed by atoms with E-state index in [0.29, 0.717) is 29.9 Å². The summed E-state index contributed by atoms with van der Waals surface area (Å²) in [4.78, 5) is 11.2. The molecule has 1 unspecified atom stereocenters.